The molecule has 4 heteroatoms. The predicted octanol–water partition coefficient (Wildman–Crippen LogP) is 1.99. The van der Waals surface area contributed by atoms with Crippen LogP contribution in [0.5, 0.6) is 5.75 Å². The van der Waals surface area contributed by atoms with Crippen LogP contribution in [-0.2, 0) is 0 Å². The molecule has 0 unspecified atom stereocenters. The number of benzene rings is 1. The molecule has 2 rings (SSSR count). The second-order valence-corrected chi connectivity index (χ2v) is 3.64. The van der Waals surface area contributed by atoms with Crippen LogP contribution in [-0.4, -0.2) is 6.61 Å². The zero-order valence-electron chi connectivity index (χ0n) is 7.46. The van der Waals surface area contributed by atoms with E-state index in [2.05, 4.69) is 0 Å². The van der Waals surface area contributed by atoms with Crippen molar-refractivity contribution < 1.29 is 4.74 Å². The largest absolute Gasteiger partial charge is 0.492 e. The van der Waals surface area contributed by atoms with E-state index < -0.39 is 0 Å². The molecule has 0 amide bonds. The van der Waals surface area contributed by atoms with E-state index in [9.17, 15) is 0 Å². The van der Waals surface area contributed by atoms with E-state index in [1.807, 2.05) is 6.07 Å². The Labute approximate surface area is 87.0 Å². The molecule has 0 saturated carbocycles. The van der Waals surface area contributed by atoms with Crippen LogP contribution in [0.3, 0.4) is 0 Å². The Hall–Kier alpha value is -1.24. The van der Waals surface area contributed by atoms with Crippen LogP contribution in [0.4, 0.5) is 0 Å². The summed E-state index contributed by atoms with van der Waals surface area (Å²) in [6, 6.07) is 5.30. The lowest BCUT2D eigenvalue weighted by atomic mass is 9.99. The molecule has 1 aromatic carbocycles. The number of rotatable bonds is 0. The molecule has 0 bridgehead atoms. The number of nitriles is 1. The number of ether oxygens (including phenoxy) is 1. The van der Waals surface area contributed by atoms with Crippen molar-refractivity contribution in [2.24, 2.45) is 5.73 Å². The SMILES string of the molecule is N#Cc1cc(Cl)c2c(c1)[C@H](N)CCO2. The highest BCUT2D eigenvalue weighted by atomic mass is 35.5. The van der Waals surface area contributed by atoms with Gasteiger partial charge in [0, 0.05) is 18.0 Å². The van der Waals surface area contributed by atoms with Crippen molar-refractivity contribution in [1.29, 1.82) is 5.26 Å². The highest BCUT2D eigenvalue weighted by Crippen LogP contribution is 2.37. The molecular formula is C10H9ClN2O. The maximum absolute atomic E-state index is 8.76. The molecule has 0 fully saturated rings. The van der Waals surface area contributed by atoms with E-state index in [4.69, 9.17) is 27.3 Å². The molecule has 0 aliphatic carbocycles. The van der Waals surface area contributed by atoms with Crippen LogP contribution < -0.4 is 10.5 Å². The second-order valence-electron chi connectivity index (χ2n) is 3.23. The Kier molecular flexibility index (Phi) is 2.32. The molecule has 0 saturated heterocycles. The minimum atomic E-state index is -0.0791. The summed E-state index contributed by atoms with van der Waals surface area (Å²) in [5.74, 6) is 0.629. The molecule has 1 aliphatic heterocycles. The van der Waals surface area contributed by atoms with Crippen molar-refractivity contribution >= 4 is 11.6 Å². The third kappa shape index (κ3) is 1.43. The van der Waals surface area contributed by atoms with E-state index in [0.29, 0.717) is 22.9 Å². The minimum absolute atomic E-state index is 0.0791. The molecule has 1 aliphatic rings. The molecule has 1 heterocycles. The standard InChI is InChI=1S/C10H9ClN2O/c11-8-4-6(5-12)3-7-9(13)1-2-14-10(7)8/h3-4,9H,1-2,13H2/t9-/m1/s1. The molecule has 1 atom stereocenters. The van der Waals surface area contributed by atoms with Gasteiger partial charge >= 0.3 is 0 Å². The molecular weight excluding hydrogens is 200 g/mol. The van der Waals surface area contributed by atoms with E-state index in [-0.39, 0.29) is 6.04 Å². The topological polar surface area (TPSA) is 59.0 Å². The van der Waals surface area contributed by atoms with Crippen LogP contribution in [0.1, 0.15) is 23.6 Å². The fourth-order valence-electron chi connectivity index (χ4n) is 1.55. The van der Waals surface area contributed by atoms with Gasteiger partial charge in [0.2, 0.25) is 0 Å². The lowest BCUT2D eigenvalue weighted by Crippen LogP contribution is -2.20. The molecule has 0 aromatic heterocycles. The van der Waals surface area contributed by atoms with Gasteiger partial charge in [-0.3, -0.25) is 0 Å². The Morgan fingerprint density at radius 3 is 3.07 bits per heavy atom. The lowest BCUT2D eigenvalue weighted by Gasteiger charge is -2.23. The van der Waals surface area contributed by atoms with E-state index in [1.165, 1.54) is 0 Å². The Morgan fingerprint density at radius 1 is 1.57 bits per heavy atom. The number of hydrogen-bond donors (Lipinski definition) is 1. The number of halogens is 1. The van der Waals surface area contributed by atoms with Gasteiger partial charge in [0.05, 0.1) is 23.3 Å². The first-order valence-corrected chi connectivity index (χ1v) is 4.72. The first-order chi connectivity index (χ1) is 6.72. The number of nitrogens with zero attached hydrogens (tertiary/aromatic N) is 1. The Bertz CT molecular complexity index is 411. The van der Waals surface area contributed by atoms with Gasteiger partial charge in [-0.1, -0.05) is 11.6 Å². The first kappa shape index (κ1) is 9.32. The van der Waals surface area contributed by atoms with Crippen molar-refractivity contribution in [3.8, 4) is 11.8 Å². The fraction of sp³-hybridized carbons (Fsp3) is 0.300. The quantitative estimate of drug-likeness (QED) is 0.710. The van der Waals surface area contributed by atoms with Gasteiger partial charge in [-0.25, -0.2) is 0 Å². The maximum Gasteiger partial charge on any atom is 0.142 e. The normalized spacial score (nSPS) is 19.4. The lowest BCUT2D eigenvalue weighted by molar-refractivity contribution is 0.269. The zero-order chi connectivity index (χ0) is 10.1. The van der Waals surface area contributed by atoms with E-state index >= 15 is 0 Å². The van der Waals surface area contributed by atoms with Crippen LogP contribution >= 0.6 is 11.6 Å². The zero-order valence-corrected chi connectivity index (χ0v) is 8.21. The van der Waals surface area contributed by atoms with Crippen molar-refractivity contribution in [1.82, 2.24) is 0 Å². The molecule has 2 N–H and O–H groups in total. The smallest absolute Gasteiger partial charge is 0.142 e. The van der Waals surface area contributed by atoms with Crippen molar-refractivity contribution in [3.63, 3.8) is 0 Å². The van der Waals surface area contributed by atoms with E-state index in [0.717, 1.165) is 12.0 Å². The average Bonchev–Trinajstić information content (AvgIpc) is 2.19. The summed E-state index contributed by atoms with van der Waals surface area (Å²) < 4.78 is 5.40. The average molecular weight is 209 g/mol. The highest BCUT2D eigenvalue weighted by molar-refractivity contribution is 6.32. The summed E-state index contributed by atoms with van der Waals surface area (Å²) in [5, 5.41) is 9.23. The van der Waals surface area contributed by atoms with Crippen LogP contribution in [0.2, 0.25) is 5.02 Å². The summed E-state index contributed by atoms with van der Waals surface area (Å²) in [6.45, 7) is 0.583. The van der Waals surface area contributed by atoms with Gasteiger partial charge in [0.25, 0.3) is 0 Å². The van der Waals surface area contributed by atoms with Crippen molar-refractivity contribution in [2.75, 3.05) is 6.61 Å². The summed E-state index contributed by atoms with van der Waals surface area (Å²) in [4.78, 5) is 0. The summed E-state index contributed by atoms with van der Waals surface area (Å²) >= 11 is 5.96. The molecule has 3 nitrogen and oxygen atoms in total. The Morgan fingerprint density at radius 2 is 2.36 bits per heavy atom. The highest BCUT2D eigenvalue weighted by Gasteiger charge is 2.21. The van der Waals surface area contributed by atoms with E-state index in [1.54, 1.807) is 12.1 Å². The summed E-state index contributed by atoms with van der Waals surface area (Å²) in [6.07, 6.45) is 0.762. The summed E-state index contributed by atoms with van der Waals surface area (Å²) in [5.41, 5.74) is 7.25. The summed E-state index contributed by atoms with van der Waals surface area (Å²) in [7, 11) is 0. The maximum atomic E-state index is 8.76. The first-order valence-electron chi connectivity index (χ1n) is 4.34. The third-order valence-corrected chi connectivity index (χ3v) is 2.56. The molecule has 14 heavy (non-hydrogen) atoms. The van der Waals surface area contributed by atoms with Crippen molar-refractivity contribution in [2.45, 2.75) is 12.5 Å². The molecule has 1 aromatic rings. The number of nitrogens with two attached hydrogens (primary N) is 1. The molecule has 0 radical (unpaired) electrons. The van der Waals surface area contributed by atoms with Crippen LogP contribution in [0.25, 0.3) is 0 Å². The number of fused-ring (bicyclic) bond motifs is 1. The fourth-order valence-corrected chi connectivity index (χ4v) is 1.83. The third-order valence-electron chi connectivity index (χ3n) is 2.28. The van der Waals surface area contributed by atoms with Gasteiger partial charge in [-0.2, -0.15) is 5.26 Å². The van der Waals surface area contributed by atoms with Gasteiger partial charge in [0.1, 0.15) is 5.75 Å². The van der Waals surface area contributed by atoms with Gasteiger partial charge < -0.3 is 10.5 Å². The van der Waals surface area contributed by atoms with Gasteiger partial charge in [0.15, 0.2) is 0 Å². The predicted molar refractivity (Wildman–Crippen MR) is 53.2 cm³/mol. The molecule has 72 valence electrons. The Balaban J connectivity index is 2.58. The minimum Gasteiger partial charge on any atom is -0.492 e. The second kappa shape index (κ2) is 3.49. The monoisotopic (exact) mass is 208 g/mol. The molecule has 0 spiro atoms. The van der Waals surface area contributed by atoms with Crippen molar-refractivity contribution in [3.05, 3.63) is 28.3 Å². The van der Waals surface area contributed by atoms with Crippen LogP contribution in [0.15, 0.2) is 12.1 Å². The van der Waals surface area contributed by atoms with Crippen LogP contribution in [0, 0.1) is 11.3 Å². The number of hydrogen-bond acceptors (Lipinski definition) is 3. The van der Waals surface area contributed by atoms with Gasteiger partial charge in [-0.15, -0.1) is 0 Å². The van der Waals surface area contributed by atoms with Gasteiger partial charge in [-0.05, 0) is 12.1 Å².